The van der Waals surface area contributed by atoms with Crippen LogP contribution in [0.2, 0.25) is 5.02 Å². The Morgan fingerprint density at radius 1 is 1.19 bits per heavy atom. The molecule has 1 aliphatic heterocycles. The van der Waals surface area contributed by atoms with Gasteiger partial charge in [0.2, 0.25) is 0 Å². The van der Waals surface area contributed by atoms with Gasteiger partial charge in [-0.05, 0) is 24.6 Å². The van der Waals surface area contributed by atoms with Gasteiger partial charge < -0.3 is 14.8 Å². The molecule has 0 amide bonds. The monoisotopic (exact) mass is 304 g/mol. The van der Waals surface area contributed by atoms with Gasteiger partial charge in [0.15, 0.2) is 5.82 Å². The van der Waals surface area contributed by atoms with Crippen LogP contribution in [0, 0.1) is 6.92 Å². The maximum absolute atomic E-state index is 11.5. The van der Waals surface area contributed by atoms with Crippen molar-refractivity contribution in [2.75, 3.05) is 36.0 Å². The topological polar surface area (TPSA) is 52.2 Å². The SMILES string of the molecule is Cc1cccc(N2CCN(c3nc[nH]c(=O)c3Cl)CC2)c1. The van der Waals surface area contributed by atoms with Crippen LogP contribution in [-0.4, -0.2) is 36.1 Å². The second-order valence-electron chi connectivity index (χ2n) is 5.18. The van der Waals surface area contributed by atoms with Crippen molar-refractivity contribution in [3.05, 3.63) is 51.5 Å². The summed E-state index contributed by atoms with van der Waals surface area (Å²) in [5, 5.41) is 0.168. The van der Waals surface area contributed by atoms with Crippen LogP contribution in [0.5, 0.6) is 0 Å². The van der Waals surface area contributed by atoms with E-state index in [1.165, 1.54) is 17.6 Å². The molecule has 1 saturated heterocycles. The van der Waals surface area contributed by atoms with E-state index < -0.39 is 0 Å². The van der Waals surface area contributed by atoms with Gasteiger partial charge in [0.1, 0.15) is 5.02 Å². The van der Waals surface area contributed by atoms with Gasteiger partial charge in [-0.2, -0.15) is 0 Å². The predicted octanol–water partition coefficient (Wildman–Crippen LogP) is 2.06. The summed E-state index contributed by atoms with van der Waals surface area (Å²) in [5.74, 6) is 0.573. The summed E-state index contributed by atoms with van der Waals surface area (Å²) in [4.78, 5) is 22.6. The molecule has 3 rings (SSSR count). The third-order valence-corrected chi connectivity index (χ3v) is 4.06. The maximum atomic E-state index is 11.5. The largest absolute Gasteiger partial charge is 0.368 e. The van der Waals surface area contributed by atoms with Crippen molar-refractivity contribution in [3.63, 3.8) is 0 Å². The van der Waals surface area contributed by atoms with Crippen LogP contribution >= 0.6 is 11.6 Å². The molecule has 21 heavy (non-hydrogen) atoms. The summed E-state index contributed by atoms with van der Waals surface area (Å²) in [7, 11) is 0. The van der Waals surface area contributed by atoms with Gasteiger partial charge in [-0.15, -0.1) is 0 Å². The quantitative estimate of drug-likeness (QED) is 0.923. The van der Waals surface area contributed by atoms with Crippen LogP contribution in [0.4, 0.5) is 11.5 Å². The van der Waals surface area contributed by atoms with E-state index in [0.717, 1.165) is 26.2 Å². The van der Waals surface area contributed by atoms with Gasteiger partial charge in [0.05, 0.1) is 6.33 Å². The Morgan fingerprint density at radius 3 is 2.62 bits per heavy atom. The normalized spacial score (nSPS) is 15.3. The molecule has 5 nitrogen and oxygen atoms in total. The first-order valence-corrected chi connectivity index (χ1v) is 7.33. The summed E-state index contributed by atoms with van der Waals surface area (Å²) < 4.78 is 0. The molecule has 0 bridgehead atoms. The van der Waals surface area contributed by atoms with Gasteiger partial charge >= 0.3 is 0 Å². The molecule has 110 valence electrons. The molecule has 1 aliphatic rings. The van der Waals surface area contributed by atoms with Crippen molar-refractivity contribution in [2.24, 2.45) is 0 Å². The molecule has 1 aromatic carbocycles. The second kappa shape index (κ2) is 5.77. The van der Waals surface area contributed by atoms with Gasteiger partial charge in [-0.1, -0.05) is 23.7 Å². The summed E-state index contributed by atoms with van der Waals surface area (Å²) in [6.45, 7) is 5.45. The number of aromatic nitrogens is 2. The Morgan fingerprint density at radius 2 is 1.90 bits per heavy atom. The van der Waals surface area contributed by atoms with Crippen molar-refractivity contribution in [1.29, 1.82) is 0 Å². The number of anilines is 2. The Labute approximate surface area is 128 Å². The van der Waals surface area contributed by atoms with Crippen LogP contribution in [0.25, 0.3) is 0 Å². The molecular formula is C15H17ClN4O. The lowest BCUT2D eigenvalue weighted by molar-refractivity contribution is 0.646. The number of benzene rings is 1. The third-order valence-electron chi connectivity index (χ3n) is 3.72. The summed E-state index contributed by atoms with van der Waals surface area (Å²) in [6, 6.07) is 8.49. The van der Waals surface area contributed by atoms with E-state index in [9.17, 15) is 4.79 Å². The number of hydrogen-bond acceptors (Lipinski definition) is 4. The molecule has 1 N–H and O–H groups in total. The Balaban J connectivity index is 1.73. The molecule has 1 fully saturated rings. The van der Waals surface area contributed by atoms with Crippen LogP contribution in [-0.2, 0) is 0 Å². The Hall–Kier alpha value is -2.01. The van der Waals surface area contributed by atoms with E-state index in [1.54, 1.807) is 0 Å². The predicted molar refractivity (Wildman–Crippen MR) is 85.5 cm³/mol. The first-order valence-electron chi connectivity index (χ1n) is 6.95. The van der Waals surface area contributed by atoms with Crippen molar-refractivity contribution >= 4 is 23.1 Å². The number of aromatic amines is 1. The van der Waals surface area contributed by atoms with Crippen LogP contribution < -0.4 is 15.4 Å². The zero-order valence-electron chi connectivity index (χ0n) is 11.8. The van der Waals surface area contributed by atoms with Gasteiger partial charge in [-0.25, -0.2) is 4.98 Å². The fourth-order valence-electron chi connectivity index (χ4n) is 2.60. The van der Waals surface area contributed by atoms with E-state index in [0.29, 0.717) is 5.82 Å². The highest BCUT2D eigenvalue weighted by atomic mass is 35.5. The smallest absolute Gasteiger partial charge is 0.271 e. The summed E-state index contributed by atoms with van der Waals surface area (Å²) in [5.41, 5.74) is 2.21. The molecular weight excluding hydrogens is 288 g/mol. The lowest BCUT2D eigenvalue weighted by atomic mass is 10.2. The van der Waals surface area contributed by atoms with Crippen molar-refractivity contribution in [1.82, 2.24) is 9.97 Å². The fraction of sp³-hybridized carbons (Fsp3) is 0.333. The average Bonchev–Trinajstić information content (AvgIpc) is 2.50. The highest BCUT2D eigenvalue weighted by Gasteiger charge is 2.21. The second-order valence-corrected chi connectivity index (χ2v) is 5.56. The first kappa shape index (κ1) is 13.9. The molecule has 0 saturated carbocycles. The number of piperazine rings is 1. The third kappa shape index (κ3) is 2.88. The minimum Gasteiger partial charge on any atom is -0.368 e. The first-order chi connectivity index (χ1) is 10.1. The van der Waals surface area contributed by atoms with Gasteiger partial charge in [0, 0.05) is 31.9 Å². The fourth-order valence-corrected chi connectivity index (χ4v) is 2.82. The lowest BCUT2D eigenvalue weighted by Crippen LogP contribution is -2.47. The van der Waals surface area contributed by atoms with E-state index in [-0.39, 0.29) is 10.6 Å². The van der Waals surface area contributed by atoms with Gasteiger partial charge in [0.25, 0.3) is 5.56 Å². The molecule has 6 heteroatoms. The number of nitrogens with zero attached hydrogens (tertiary/aromatic N) is 3. The minimum atomic E-state index is -0.289. The summed E-state index contributed by atoms with van der Waals surface area (Å²) >= 11 is 6.04. The van der Waals surface area contributed by atoms with Crippen molar-refractivity contribution in [3.8, 4) is 0 Å². The van der Waals surface area contributed by atoms with E-state index in [2.05, 4.69) is 51.0 Å². The highest BCUT2D eigenvalue weighted by molar-refractivity contribution is 6.32. The van der Waals surface area contributed by atoms with E-state index in [4.69, 9.17) is 11.6 Å². The average molecular weight is 305 g/mol. The molecule has 1 aromatic heterocycles. The lowest BCUT2D eigenvalue weighted by Gasteiger charge is -2.37. The molecule has 0 aliphatic carbocycles. The number of halogens is 1. The van der Waals surface area contributed by atoms with Crippen LogP contribution in [0.15, 0.2) is 35.4 Å². The molecule has 0 unspecified atom stereocenters. The molecule has 0 radical (unpaired) electrons. The van der Waals surface area contributed by atoms with Crippen molar-refractivity contribution < 1.29 is 0 Å². The minimum absolute atomic E-state index is 0.168. The molecule has 2 aromatic rings. The zero-order chi connectivity index (χ0) is 14.8. The standard InChI is InChI=1S/C15H17ClN4O/c1-11-3-2-4-12(9-11)19-5-7-20(8-6-19)14-13(16)15(21)18-10-17-14/h2-4,9-10H,5-8H2,1H3,(H,17,18,21). The Bertz CT molecular complexity index is 692. The molecule has 0 atom stereocenters. The van der Waals surface area contributed by atoms with Crippen LogP contribution in [0.3, 0.4) is 0 Å². The highest BCUT2D eigenvalue weighted by Crippen LogP contribution is 2.22. The van der Waals surface area contributed by atoms with Crippen molar-refractivity contribution in [2.45, 2.75) is 6.92 Å². The number of nitrogens with one attached hydrogen (secondary N) is 1. The zero-order valence-corrected chi connectivity index (χ0v) is 12.6. The number of H-pyrrole nitrogens is 1. The molecule has 2 heterocycles. The van der Waals surface area contributed by atoms with E-state index in [1.807, 2.05) is 0 Å². The Kier molecular flexibility index (Phi) is 3.84. The number of aryl methyl sites for hydroxylation is 1. The van der Waals surface area contributed by atoms with Gasteiger partial charge in [-0.3, -0.25) is 4.79 Å². The van der Waals surface area contributed by atoms with E-state index >= 15 is 0 Å². The number of hydrogen-bond donors (Lipinski definition) is 1. The van der Waals surface area contributed by atoms with Crippen LogP contribution in [0.1, 0.15) is 5.56 Å². The number of rotatable bonds is 2. The molecule has 0 spiro atoms. The maximum Gasteiger partial charge on any atom is 0.271 e. The summed E-state index contributed by atoms with van der Waals surface area (Å²) in [6.07, 6.45) is 1.40.